The van der Waals surface area contributed by atoms with Gasteiger partial charge in [0.05, 0.1) is 0 Å². The van der Waals surface area contributed by atoms with E-state index in [0.717, 1.165) is 18.2 Å². The lowest BCUT2D eigenvalue weighted by atomic mass is 10.6. The van der Waals surface area contributed by atoms with Gasteiger partial charge in [-0.25, -0.2) is 0 Å². The third kappa shape index (κ3) is 6.14. The van der Waals surface area contributed by atoms with Gasteiger partial charge in [-0.1, -0.05) is 0 Å². The molecule has 0 atom stereocenters. The number of hydrogen-bond acceptors (Lipinski definition) is 5. The van der Waals surface area contributed by atoms with Crippen molar-refractivity contribution in [2.75, 3.05) is 5.75 Å². The lowest BCUT2D eigenvalue weighted by Crippen LogP contribution is -2.65. The Bertz CT molecular complexity index is 303. The van der Waals surface area contributed by atoms with E-state index in [0.29, 0.717) is 0 Å². The highest BCUT2D eigenvalue weighted by Crippen LogP contribution is 2.32. The van der Waals surface area contributed by atoms with Gasteiger partial charge in [-0.2, -0.15) is 12.6 Å². The summed E-state index contributed by atoms with van der Waals surface area (Å²) in [5.41, 5.74) is 0. The molecule has 19 heavy (non-hydrogen) atoms. The van der Waals surface area contributed by atoms with E-state index in [1.165, 1.54) is 0 Å². The van der Waals surface area contributed by atoms with E-state index >= 15 is 0 Å². The molecule has 0 unspecified atom stereocenters. The molecule has 0 aromatic heterocycles. The van der Waals surface area contributed by atoms with Crippen LogP contribution < -0.4 is 0 Å². The molecule has 0 bridgehead atoms. The normalized spacial score (nSPS) is 28.4. The van der Waals surface area contributed by atoms with E-state index in [1.807, 2.05) is 0 Å². The van der Waals surface area contributed by atoms with E-state index in [1.54, 1.807) is 0 Å². The predicted molar refractivity (Wildman–Crippen MR) is 91.7 cm³/mol. The van der Waals surface area contributed by atoms with Crippen LogP contribution in [0.3, 0.4) is 0 Å². The van der Waals surface area contributed by atoms with E-state index in [2.05, 4.69) is 58.5 Å². The summed E-state index contributed by atoms with van der Waals surface area (Å²) in [4.78, 5) is 0. The quantitative estimate of drug-likeness (QED) is 0.619. The molecule has 0 aromatic rings. The zero-order chi connectivity index (χ0) is 14.9. The molecule has 4 nitrogen and oxygen atoms in total. The molecule has 1 aliphatic rings. The van der Waals surface area contributed by atoms with Gasteiger partial charge in [0.15, 0.2) is 0 Å². The second-order valence-electron chi connectivity index (χ2n) is 6.57. The van der Waals surface area contributed by atoms with Crippen LogP contribution in [0.25, 0.3) is 0 Å². The van der Waals surface area contributed by atoms with Crippen LogP contribution in [0.15, 0.2) is 0 Å². The average molecular weight is 357 g/mol. The minimum atomic E-state index is -2.23. The zero-order valence-electron chi connectivity index (χ0n) is 13.2. The van der Waals surface area contributed by atoms with Crippen molar-refractivity contribution in [1.29, 1.82) is 0 Å². The molecule has 1 saturated heterocycles. The van der Waals surface area contributed by atoms with E-state index < -0.39 is 34.2 Å². The summed E-state index contributed by atoms with van der Waals surface area (Å²) in [5, 5.41) is 0. The summed E-state index contributed by atoms with van der Waals surface area (Å²) in [5.74, 6) is 0.862. The Hall–Kier alpha value is 1.06. The summed E-state index contributed by atoms with van der Waals surface area (Å²) in [6.07, 6.45) is 1.02. The zero-order valence-corrected chi connectivity index (χ0v) is 18.1. The molecule has 0 aromatic carbocycles. The van der Waals surface area contributed by atoms with Gasteiger partial charge < -0.3 is 16.5 Å². The lowest BCUT2D eigenvalue weighted by molar-refractivity contribution is 0.234. The molecule has 9 heteroatoms. The van der Waals surface area contributed by atoms with Crippen LogP contribution in [-0.4, -0.2) is 40.0 Å². The van der Waals surface area contributed by atoms with Crippen molar-refractivity contribution < 1.29 is 16.5 Å². The number of hydrogen-bond donors (Lipinski definition) is 1. The molecule has 0 aliphatic carbocycles. The topological polar surface area (TPSA) is 36.9 Å². The van der Waals surface area contributed by atoms with Crippen LogP contribution in [0.4, 0.5) is 0 Å². The van der Waals surface area contributed by atoms with Gasteiger partial charge in [-0.05, 0) is 64.0 Å². The maximum atomic E-state index is 6.43. The lowest BCUT2D eigenvalue weighted by Gasteiger charge is -2.47. The highest BCUT2D eigenvalue weighted by atomic mass is 32.1. The molecule has 0 N–H and O–H groups in total. The first-order valence-electron chi connectivity index (χ1n) is 6.80. The van der Waals surface area contributed by atoms with Crippen molar-refractivity contribution in [3.63, 3.8) is 0 Å². The van der Waals surface area contributed by atoms with Crippen molar-refractivity contribution in [3.8, 4) is 0 Å². The standard InChI is InChI=1S/C10H28O4SSi4/c1-16(2)11-17(3,4)13-19(7,10-8-9-15)14-18(5,6)12-16/h15H,8-10H2,1-7H3. The highest BCUT2D eigenvalue weighted by Gasteiger charge is 2.51. The SMILES string of the molecule is C[Si]1(C)O[Si](C)(C)O[Si](C)(CCCS)O[Si](C)(C)O1. The van der Waals surface area contributed by atoms with Crippen LogP contribution in [0.2, 0.25) is 51.9 Å². The van der Waals surface area contributed by atoms with Gasteiger partial charge in [0.2, 0.25) is 0 Å². The van der Waals surface area contributed by atoms with Crippen molar-refractivity contribution in [2.45, 2.75) is 58.3 Å². The Labute approximate surface area is 127 Å². The molecule has 0 spiro atoms. The van der Waals surface area contributed by atoms with Crippen LogP contribution >= 0.6 is 12.6 Å². The molecule has 1 aliphatic heterocycles. The molecule has 114 valence electrons. The molecule has 1 rings (SSSR count). The third-order valence-electron chi connectivity index (χ3n) is 2.70. The number of rotatable bonds is 3. The van der Waals surface area contributed by atoms with Gasteiger partial charge in [0, 0.05) is 0 Å². The second-order valence-corrected chi connectivity index (χ2v) is 21.4. The van der Waals surface area contributed by atoms with E-state index in [9.17, 15) is 0 Å². The first kappa shape index (κ1) is 18.1. The van der Waals surface area contributed by atoms with Gasteiger partial charge in [0.25, 0.3) is 0 Å². The van der Waals surface area contributed by atoms with E-state index in [4.69, 9.17) is 16.5 Å². The monoisotopic (exact) mass is 356 g/mol. The van der Waals surface area contributed by atoms with Crippen LogP contribution in [0, 0.1) is 0 Å². The second kappa shape index (κ2) is 6.05. The molecule has 1 fully saturated rings. The fourth-order valence-corrected chi connectivity index (χ4v) is 24.9. The maximum absolute atomic E-state index is 6.43. The van der Waals surface area contributed by atoms with Crippen LogP contribution in [-0.2, 0) is 16.5 Å². The smallest absolute Gasteiger partial charge is 0.317 e. The third-order valence-corrected chi connectivity index (χ3v) is 19.5. The average Bonchev–Trinajstić information content (AvgIpc) is 2.06. The minimum absolute atomic E-state index is 0.862. The first-order chi connectivity index (χ1) is 8.39. The van der Waals surface area contributed by atoms with Gasteiger partial charge in [0.1, 0.15) is 0 Å². The molecular weight excluding hydrogens is 329 g/mol. The Morgan fingerprint density at radius 2 is 1.05 bits per heavy atom. The number of thiol groups is 1. The van der Waals surface area contributed by atoms with Gasteiger partial charge in [-0.3, -0.25) is 0 Å². The van der Waals surface area contributed by atoms with Crippen molar-refractivity contribution >= 4 is 46.9 Å². The van der Waals surface area contributed by atoms with Crippen molar-refractivity contribution in [1.82, 2.24) is 0 Å². The van der Waals surface area contributed by atoms with Crippen LogP contribution in [0.1, 0.15) is 6.42 Å². The Balaban J connectivity index is 2.97. The molecule has 0 amide bonds. The van der Waals surface area contributed by atoms with E-state index in [-0.39, 0.29) is 0 Å². The summed E-state index contributed by atoms with van der Waals surface area (Å²) >= 11 is 4.30. The fourth-order valence-electron chi connectivity index (χ4n) is 2.81. The highest BCUT2D eigenvalue weighted by molar-refractivity contribution is 7.80. The molecule has 0 radical (unpaired) electrons. The summed E-state index contributed by atoms with van der Waals surface area (Å²) in [6.45, 7) is 14.7. The van der Waals surface area contributed by atoms with Gasteiger partial charge >= 0.3 is 34.2 Å². The summed E-state index contributed by atoms with van der Waals surface area (Å²) in [6, 6.07) is 0.956. The molecular formula is C10H28O4SSi4. The minimum Gasteiger partial charge on any atom is -0.416 e. The first-order valence-corrected chi connectivity index (χ1v) is 18.4. The summed E-state index contributed by atoms with van der Waals surface area (Å²) < 4.78 is 25.4. The predicted octanol–water partition coefficient (Wildman–Crippen LogP) is 3.56. The largest absolute Gasteiger partial charge is 0.416 e. The Kier molecular flexibility index (Phi) is 5.76. The molecule has 1 heterocycles. The van der Waals surface area contributed by atoms with Gasteiger partial charge in [-0.15, -0.1) is 0 Å². The molecule has 0 saturated carbocycles. The Morgan fingerprint density at radius 3 is 1.42 bits per heavy atom. The van der Waals surface area contributed by atoms with Crippen LogP contribution in [0.5, 0.6) is 0 Å². The Morgan fingerprint density at radius 1 is 0.684 bits per heavy atom. The maximum Gasteiger partial charge on any atom is 0.317 e. The van der Waals surface area contributed by atoms with Crippen molar-refractivity contribution in [3.05, 3.63) is 0 Å². The fraction of sp³-hybridized carbons (Fsp3) is 1.00. The van der Waals surface area contributed by atoms with Crippen molar-refractivity contribution in [2.24, 2.45) is 0 Å². The summed E-state index contributed by atoms with van der Waals surface area (Å²) in [7, 11) is -8.76.